The molecule has 1 fully saturated rings. The van der Waals surface area contributed by atoms with E-state index in [2.05, 4.69) is 43.2 Å². The second-order valence-electron chi connectivity index (χ2n) is 4.28. The fraction of sp³-hybridized carbons (Fsp3) is 0.538. The van der Waals surface area contributed by atoms with Crippen LogP contribution in [0.4, 0.5) is 0 Å². The minimum atomic E-state index is 0.135. The topological polar surface area (TPSA) is 39.7 Å². The molecule has 6 heteroatoms. The first-order valence-corrected chi connectivity index (χ1v) is 7.71. The van der Waals surface area contributed by atoms with Crippen LogP contribution in [0.15, 0.2) is 21.1 Å². The van der Waals surface area contributed by atoms with E-state index in [1.807, 2.05) is 6.07 Å². The zero-order valence-electron chi connectivity index (χ0n) is 10.7. The molecular weight excluding hydrogens is 378 g/mol. The SMILES string of the molecule is COc1c(Br)cc(Br)cc1CNCC1COCCO1. The lowest BCUT2D eigenvalue weighted by atomic mass is 10.2. The van der Waals surface area contributed by atoms with E-state index in [1.165, 1.54) is 0 Å². The third-order valence-corrected chi connectivity index (χ3v) is 3.91. The first kappa shape index (κ1) is 15.3. The van der Waals surface area contributed by atoms with Crippen LogP contribution in [0.3, 0.4) is 0 Å². The van der Waals surface area contributed by atoms with Crippen LogP contribution in [0, 0.1) is 0 Å². The molecule has 1 aliphatic heterocycles. The molecule has 106 valence electrons. The molecule has 1 N–H and O–H groups in total. The van der Waals surface area contributed by atoms with Crippen LogP contribution in [0.2, 0.25) is 0 Å². The highest BCUT2D eigenvalue weighted by Gasteiger charge is 2.14. The molecule has 1 saturated heterocycles. The van der Waals surface area contributed by atoms with Crippen molar-refractivity contribution in [1.82, 2.24) is 5.32 Å². The first-order valence-electron chi connectivity index (χ1n) is 6.12. The molecule has 0 amide bonds. The Bertz CT molecular complexity index is 423. The van der Waals surface area contributed by atoms with Gasteiger partial charge >= 0.3 is 0 Å². The van der Waals surface area contributed by atoms with Gasteiger partial charge in [0.25, 0.3) is 0 Å². The largest absolute Gasteiger partial charge is 0.495 e. The standard InChI is InChI=1S/C13H17Br2NO3/c1-17-13-9(4-10(14)5-12(13)15)6-16-7-11-8-18-2-3-19-11/h4-5,11,16H,2-3,6-8H2,1H3. The normalized spacial score (nSPS) is 19.4. The number of hydrogen-bond donors (Lipinski definition) is 1. The van der Waals surface area contributed by atoms with Crippen LogP contribution in [-0.2, 0) is 16.0 Å². The Morgan fingerprint density at radius 2 is 2.21 bits per heavy atom. The monoisotopic (exact) mass is 393 g/mol. The van der Waals surface area contributed by atoms with Gasteiger partial charge in [0.2, 0.25) is 0 Å². The van der Waals surface area contributed by atoms with Crippen LogP contribution in [-0.4, -0.2) is 39.6 Å². The average Bonchev–Trinajstić information content (AvgIpc) is 2.39. The molecule has 1 aromatic carbocycles. The number of hydrogen-bond acceptors (Lipinski definition) is 4. The highest BCUT2D eigenvalue weighted by molar-refractivity contribution is 9.11. The second-order valence-corrected chi connectivity index (χ2v) is 6.05. The molecule has 1 heterocycles. The number of ether oxygens (including phenoxy) is 3. The van der Waals surface area contributed by atoms with Crippen molar-refractivity contribution in [2.75, 3.05) is 33.5 Å². The average molecular weight is 395 g/mol. The van der Waals surface area contributed by atoms with Crippen molar-refractivity contribution in [3.05, 3.63) is 26.6 Å². The molecule has 0 radical (unpaired) electrons. The van der Waals surface area contributed by atoms with Gasteiger partial charge in [0.15, 0.2) is 0 Å². The predicted molar refractivity (Wildman–Crippen MR) is 80.7 cm³/mol. The summed E-state index contributed by atoms with van der Waals surface area (Å²) in [6.45, 7) is 3.53. The summed E-state index contributed by atoms with van der Waals surface area (Å²) >= 11 is 6.99. The fourth-order valence-corrected chi connectivity index (χ4v) is 3.47. The zero-order chi connectivity index (χ0) is 13.7. The predicted octanol–water partition coefficient (Wildman–Crippen LogP) is 2.73. The molecule has 0 aliphatic carbocycles. The van der Waals surface area contributed by atoms with Gasteiger partial charge in [-0.25, -0.2) is 0 Å². The quantitative estimate of drug-likeness (QED) is 0.833. The number of benzene rings is 1. The fourth-order valence-electron chi connectivity index (χ4n) is 2.00. The van der Waals surface area contributed by atoms with E-state index in [-0.39, 0.29) is 6.10 Å². The van der Waals surface area contributed by atoms with E-state index < -0.39 is 0 Å². The lowest BCUT2D eigenvalue weighted by Gasteiger charge is -2.23. The third kappa shape index (κ3) is 4.43. The number of nitrogens with one attached hydrogen (secondary N) is 1. The van der Waals surface area contributed by atoms with E-state index in [0.29, 0.717) is 19.8 Å². The van der Waals surface area contributed by atoms with Crippen LogP contribution < -0.4 is 10.1 Å². The minimum Gasteiger partial charge on any atom is -0.495 e. The molecule has 4 nitrogen and oxygen atoms in total. The van der Waals surface area contributed by atoms with E-state index in [9.17, 15) is 0 Å². The van der Waals surface area contributed by atoms with Crippen molar-refractivity contribution in [3.8, 4) is 5.75 Å². The maximum atomic E-state index is 5.58. The molecule has 2 rings (SSSR count). The van der Waals surface area contributed by atoms with Crippen molar-refractivity contribution in [2.24, 2.45) is 0 Å². The molecule has 1 aromatic rings. The number of halogens is 2. The van der Waals surface area contributed by atoms with Gasteiger partial charge in [-0.3, -0.25) is 0 Å². The molecule has 19 heavy (non-hydrogen) atoms. The van der Waals surface area contributed by atoms with E-state index >= 15 is 0 Å². The highest BCUT2D eigenvalue weighted by atomic mass is 79.9. The van der Waals surface area contributed by atoms with Gasteiger partial charge < -0.3 is 19.5 Å². The maximum absolute atomic E-state index is 5.58. The molecule has 1 atom stereocenters. The Labute approximate surface area is 130 Å². The molecule has 0 bridgehead atoms. The zero-order valence-corrected chi connectivity index (χ0v) is 13.9. The van der Waals surface area contributed by atoms with Gasteiger partial charge in [0, 0.05) is 23.1 Å². The van der Waals surface area contributed by atoms with Gasteiger partial charge in [-0.05, 0) is 28.1 Å². The van der Waals surface area contributed by atoms with Crippen molar-refractivity contribution in [1.29, 1.82) is 0 Å². The first-order chi connectivity index (χ1) is 9.20. The second kappa shape index (κ2) is 7.59. The van der Waals surface area contributed by atoms with Gasteiger partial charge in [0.05, 0.1) is 37.5 Å². The number of rotatable bonds is 5. The van der Waals surface area contributed by atoms with Crippen LogP contribution in [0.1, 0.15) is 5.56 Å². The molecular formula is C13H17Br2NO3. The highest BCUT2D eigenvalue weighted by Crippen LogP contribution is 2.32. The minimum absolute atomic E-state index is 0.135. The summed E-state index contributed by atoms with van der Waals surface area (Å²) in [5, 5.41) is 3.37. The molecule has 0 spiro atoms. The Kier molecular flexibility index (Phi) is 6.09. The Balaban J connectivity index is 1.91. The molecule has 0 aromatic heterocycles. The van der Waals surface area contributed by atoms with Crippen molar-refractivity contribution in [3.63, 3.8) is 0 Å². The Morgan fingerprint density at radius 3 is 2.89 bits per heavy atom. The number of methoxy groups -OCH3 is 1. The van der Waals surface area contributed by atoms with Crippen LogP contribution in [0.25, 0.3) is 0 Å². The molecule has 0 saturated carbocycles. The lowest BCUT2D eigenvalue weighted by molar-refractivity contribution is -0.0864. The summed E-state index contributed by atoms with van der Waals surface area (Å²) < 4.78 is 18.3. The van der Waals surface area contributed by atoms with E-state index in [4.69, 9.17) is 14.2 Å². The Hall–Kier alpha value is -0.140. The van der Waals surface area contributed by atoms with Gasteiger partial charge in [-0.15, -0.1) is 0 Å². The molecule has 1 unspecified atom stereocenters. The summed E-state index contributed by atoms with van der Waals surface area (Å²) in [7, 11) is 1.68. The van der Waals surface area contributed by atoms with Crippen molar-refractivity contribution in [2.45, 2.75) is 12.6 Å². The van der Waals surface area contributed by atoms with Crippen LogP contribution in [0.5, 0.6) is 5.75 Å². The van der Waals surface area contributed by atoms with E-state index in [1.54, 1.807) is 7.11 Å². The van der Waals surface area contributed by atoms with E-state index in [0.717, 1.165) is 33.3 Å². The summed E-state index contributed by atoms with van der Waals surface area (Å²) in [5.74, 6) is 0.858. The third-order valence-electron chi connectivity index (χ3n) is 2.86. The Morgan fingerprint density at radius 1 is 1.37 bits per heavy atom. The maximum Gasteiger partial charge on any atom is 0.137 e. The van der Waals surface area contributed by atoms with Gasteiger partial charge in [-0.2, -0.15) is 0 Å². The van der Waals surface area contributed by atoms with Gasteiger partial charge in [0.1, 0.15) is 5.75 Å². The smallest absolute Gasteiger partial charge is 0.137 e. The van der Waals surface area contributed by atoms with Crippen molar-refractivity contribution < 1.29 is 14.2 Å². The summed E-state index contributed by atoms with van der Waals surface area (Å²) in [6, 6.07) is 4.02. The summed E-state index contributed by atoms with van der Waals surface area (Å²) in [5.41, 5.74) is 1.10. The molecule has 1 aliphatic rings. The summed E-state index contributed by atoms with van der Waals surface area (Å²) in [6.07, 6.45) is 0.135. The summed E-state index contributed by atoms with van der Waals surface area (Å²) in [4.78, 5) is 0. The lowest BCUT2D eigenvalue weighted by Crippen LogP contribution is -2.37. The van der Waals surface area contributed by atoms with Gasteiger partial charge in [-0.1, -0.05) is 15.9 Å². The van der Waals surface area contributed by atoms with Crippen molar-refractivity contribution >= 4 is 31.9 Å². The van der Waals surface area contributed by atoms with Crippen LogP contribution >= 0.6 is 31.9 Å².